The van der Waals surface area contributed by atoms with E-state index in [9.17, 15) is 53.4 Å². The van der Waals surface area contributed by atoms with E-state index in [0.29, 0.717) is 12.2 Å². The highest BCUT2D eigenvalue weighted by atomic mass is 32.2. The minimum Gasteiger partial charge on any atom is -0.481 e. The van der Waals surface area contributed by atoms with Crippen molar-refractivity contribution in [1.82, 2.24) is 31.5 Å². The summed E-state index contributed by atoms with van der Waals surface area (Å²) >= 11 is 1.44. The molecule has 0 aromatic heterocycles. The number of thioether (sulfide) groups is 1. The Kier molecular flexibility index (Phi) is 21.9. The first-order chi connectivity index (χ1) is 26.3. The van der Waals surface area contributed by atoms with Crippen molar-refractivity contribution >= 4 is 71.0 Å². The number of likely N-dealkylation sites (tertiary alicyclic amines) is 1. The molecule has 1 heterocycles. The highest BCUT2D eigenvalue weighted by Gasteiger charge is 2.37. The second kappa shape index (κ2) is 25.1. The maximum Gasteiger partial charge on any atom is 0.326 e. The normalized spacial score (nSPS) is 16.3. The van der Waals surface area contributed by atoms with Crippen LogP contribution in [0.3, 0.4) is 0 Å². The zero-order valence-electron chi connectivity index (χ0n) is 31.9. The van der Waals surface area contributed by atoms with Gasteiger partial charge in [0.15, 0.2) is 5.96 Å². The molecular weight excluding hydrogens is 758 g/mol. The SMILES string of the molecule is CSCCC(N)C(=O)NC(CC(N)=O)C(=O)NC(CCC(=O)O)C(=O)NC(CC(C)C)C(=O)NCC(=O)N1CCCC1C(=O)NC(CCCN=C(N)N)C(=O)O. The Balaban J connectivity index is 3.05. The number of primary amides is 1. The number of aliphatic carboxylic acids is 2. The number of nitrogens with one attached hydrogen (secondary N) is 5. The molecule has 0 aromatic carbocycles. The molecule has 23 heteroatoms. The average Bonchev–Trinajstić information content (AvgIpc) is 3.61. The summed E-state index contributed by atoms with van der Waals surface area (Å²) in [5, 5.41) is 31.0. The van der Waals surface area contributed by atoms with Gasteiger partial charge in [-0.25, -0.2) is 4.79 Å². The van der Waals surface area contributed by atoms with Gasteiger partial charge in [-0.1, -0.05) is 13.8 Å². The molecule has 0 bridgehead atoms. The van der Waals surface area contributed by atoms with Crippen LogP contribution in [-0.4, -0.2) is 142 Å². The van der Waals surface area contributed by atoms with E-state index < -0.39 is 115 Å². The number of carboxylic acids is 2. The molecule has 0 aliphatic carbocycles. The molecule has 56 heavy (non-hydrogen) atoms. The maximum atomic E-state index is 13.5. The molecule has 1 saturated heterocycles. The van der Waals surface area contributed by atoms with E-state index in [1.165, 1.54) is 16.7 Å². The van der Waals surface area contributed by atoms with Gasteiger partial charge in [0.1, 0.15) is 30.2 Å². The van der Waals surface area contributed by atoms with E-state index in [-0.39, 0.29) is 57.1 Å². The Morgan fingerprint density at radius 3 is 2.02 bits per heavy atom. The van der Waals surface area contributed by atoms with Gasteiger partial charge in [-0.3, -0.25) is 43.3 Å². The molecule has 6 unspecified atom stereocenters. The summed E-state index contributed by atoms with van der Waals surface area (Å²) < 4.78 is 0. The lowest BCUT2D eigenvalue weighted by atomic mass is 10.0. The van der Waals surface area contributed by atoms with Crippen LogP contribution >= 0.6 is 11.8 Å². The number of nitrogens with zero attached hydrogens (tertiary/aromatic N) is 2. The minimum absolute atomic E-state index is 0.0239. The van der Waals surface area contributed by atoms with Gasteiger partial charge in [-0.2, -0.15) is 11.8 Å². The summed E-state index contributed by atoms with van der Waals surface area (Å²) in [5.74, 6) is -8.23. The summed E-state index contributed by atoms with van der Waals surface area (Å²) in [4.78, 5) is 119. The molecule has 0 radical (unpaired) electrons. The molecule has 0 saturated carbocycles. The zero-order valence-corrected chi connectivity index (χ0v) is 32.7. The number of amides is 7. The monoisotopic (exact) mass is 815 g/mol. The first-order valence-corrected chi connectivity index (χ1v) is 19.5. The van der Waals surface area contributed by atoms with Crippen molar-refractivity contribution in [2.45, 2.75) is 108 Å². The quantitative estimate of drug-likeness (QED) is 0.0225. The number of guanidine groups is 1. The number of carbonyl (C=O) groups excluding carboxylic acids is 7. The van der Waals surface area contributed by atoms with E-state index in [0.717, 1.165) is 0 Å². The van der Waals surface area contributed by atoms with Crippen molar-refractivity contribution in [2.75, 3.05) is 31.6 Å². The number of hydrogen-bond donors (Lipinski definition) is 11. The van der Waals surface area contributed by atoms with Gasteiger partial charge in [-0.05, 0) is 62.9 Å². The molecule has 316 valence electrons. The molecule has 1 rings (SSSR count). The van der Waals surface area contributed by atoms with Crippen LogP contribution in [0.1, 0.15) is 71.6 Å². The highest BCUT2D eigenvalue weighted by molar-refractivity contribution is 7.98. The van der Waals surface area contributed by atoms with Crippen molar-refractivity contribution in [3.63, 3.8) is 0 Å². The first kappa shape index (κ1) is 48.8. The third kappa shape index (κ3) is 18.4. The smallest absolute Gasteiger partial charge is 0.326 e. The Hall–Kier alpha value is -5.19. The molecule has 15 N–H and O–H groups in total. The van der Waals surface area contributed by atoms with Crippen LogP contribution in [0, 0.1) is 5.92 Å². The van der Waals surface area contributed by atoms with Gasteiger partial charge in [-0.15, -0.1) is 0 Å². The molecule has 1 aliphatic heterocycles. The molecule has 1 aliphatic rings. The fraction of sp³-hybridized carbons (Fsp3) is 0.697. The van der Waals surface area contributed by atoms with Crippen LogP contribution in [0.15, 0.2) is 4.99 Å². The molecule has 0 aromatic rings. The number of aliphatic imine (C=N–C) groups is 1. The lowest BCUT2D eigenvalue weighted by molar-refractivity contribution is -0.144. The Morgan fingerprint density at radius 1 is 0.821 bits per heavy atom. The molecule has 0 spiro atoms. The molecule has 7 amide bonds. The van der Waals surface area contributed by atoms with Crippen LogP contribution in [0.25, 0.3) is 0 Å². The van der Waals surface area contributed by atoms with E-state index >= 15 is 0 Å². The molecule has 1 fully saturated rings. The van der Waals surface area contributed by atoms with Crippen molar-refractivity contribution in [3.05, 3.63) is 0 Å². The fourth-order valence-corrected chi connectivity index (χ4v) is 6.09. The topological polar surface area (TPSA) is 374 Å². The van der Waals surface area contributed by atoms with Gasteiger partial charge in [0.2, 0.25) is 41.4 Å². The zero-order chi connectivity index (χ0) is 42.5. The summed E-state index contributed by atoms with van der Waals surface area (Å²) in [6.45, 7) is 3.23. The lowest BCUT2D eigenvalue weighted by Gasteiger charge is -2.27. The molecule has 6 atom stereocenters. The van der Waals surface area contributed by atoms with Crippen LogP contribution in [0.4, 0.5) is 0 Å². The van der Waals surface area contributed by atoms with Crippen molar-refractivity contribution < 1.29 is 53.4 Å². The minimum atomic E-state index is -1.55. The Morgan fingerprint density at radius 2 is 1.45 bits per heavy atom. The number of carboxylic acid groups (broad SMARTS) is 2. The summed E-state index contributed by atoms with van der Waals surface area (Å²) in [6, 6.07) is -7.66. The fourth-order valence-electron chi connectivity index (χ4n) is 5.60. The third-order valence-electron chi connectivity index (χ3n) is 8.48. The lowest BCUT2D eigenvalue weighted by Crippen LogP contribution is -2.58. The second-order valence-electron chi connectivity index (χ2n) is 13.6. The van der Waals surface area contributed by atoms with E-state index in [1.807, 2.05) is 6.26 Å². The Labute approximate surface area is 328 Å². The average molecular weight is 816 g/mol. The number of rotatable bonds is 26. The van der Waals surface area contributed by atoms with Gasteiger partial charge in [0.05, 0.1) is 19.0 Å². The van der Waals surface area contributed by atoms with E-state index in [1.54, 1.807) is 13.8 Å². The van der Waals surface area contributed by atoms with Crippen LogP contribution in [0.2, 0.25) is 0 Å². The molecule has 22 nitrogen and oxygen atoms in total. The predicted octanol–water partition coefficient (Wildman–Crippen LogP) is -3.96. The van der Waals surface area contributed by atoms with Gasteiger partial charge >= 0.3 is 11.9 Å². The van der Waals surface area contributed by atoms with E-state index in [2.05, 4.69) is 31.6 Å². The van der Waals surface area contributed by atoms with Crippen molar-refractivity contribution in [1.29, 1.82) is 0 Å². The predicted molar refractivity (Wildman–Crippen MR) is 204 cm³/mol. The van der Waals surface area contributed by atoms with Gasteiger partial charge < -0.3 is 64.6 Å². The van der Waals surface area contributed by atoms with Gasteiger partial charge in [0, 0.05) is 19.5 Å². The second-order valence-corrected chi connectivity index (χ2v) is 14.6. The highest BCUT2D eigenvalue weighted by Crippen LogP contribution is 2.18. The number of hydrogen-bond acceptors (Lipinski definition) is 12. The van der Waals surface area contributed by atoms with E-state index in [4.69, 9.17) is 22.9 Å². The summed E-state index contributed by atoms with van der Waals surface area (Å²) in [6.07, 6.45) is 1.40. The first-order valence-electron chi connectivity index (χ1n) is 18.1. The standard InChI is InChI=1S/C33H57N11O11S/c1-17(2)14-21(28(50)39-16-25(46)44-12-5-7-23(44)31(53)41-20(32(54)55)6-4-11-38-33(36)37)43-29(51)19(8-9-26(47)48)40-30(52)22(15-24(35)45)42-27(49)18(34)10-13-56-3/h17-23H,4-16,34H2,1-3H3,(H2,35,45)(H,39,50)(H,40,52)(H,41,53)(H,42,49)(H,43,51)(H,47,48)(H,54,55)(H4,36,37,38). The third-order valence-corrected chi connectivity index (χ3v) is 9.12. The van der Waals surface area contributed by atoms with Crippen LogP contribution < -0.4 is 49.5 Å². The maximum absolute atomic E-state index is 13.5. The van der Waals surface area contributed by atoms with Crippen LogP contribution in [0.5, 0.6) is 0 Å². The largest absolute Gasteiger partial charge is 0.481 e. The summed E-state index contributed by atoms with van der Waals surface area (Å²) in [5.41, 5.74) is 21.7. The van der Waals surface area contributed by atoms with Crippen LogP contribution in [-0.2, 0) is 43.2 Å². The number of nitrogens with two attached hydrogens (primary N) is 4. The van der Waals surface area contributed by atoms with Crippen molar-refractivity contribution in [3.8, 4) is 0 Å². The number of carbonyl (C=O) groups is 9. The Bertz CT molecular complexity index is 1440. The van der Waals surface area contributed by atoms with Gasteiger partial charge in [0.25, 0.3) is 0 Å². The molecular formula is C33H57N11O11S. The summed E-state index contributed by atoms with van der Waals surface area (Å²) in [7, 11) is 0. The van der Waals surface area contributed by atoms with Crippen molar-refractivity contribution in [2.24, 2.45) is 33.8 Å².